The molecule has 0 bridgehead atoms. The van der Waals surface area contributed by atoms with Gasteiger partial charge in [-0.1, -0.05) is 0 Å². The van der Waals surface area contributed by atoms with Crippen molar-refractivity contribution >= 4 is 17.6 Å². The van der Waals surface area contributed by atoms with Crippen LogP contribution < -0.4 is 4.74 Å². The molecule has 1 aromatic heterocycles. The molecule has 0 unspecified atom stereocenters. The second kappa shape index (κ2) is 6.88. The van der Waals surface area contributed by atoms with E-state index < -0.39 is 47.3 Å². The third kappa shape index (κ3) is 4.69. The first-order chi connectivity index (χ1) is 9.69. The molecule has 0 aliphatic rings. The van der Waals surface area contributed by atoms with E-state index in [1.54, 1.807) is 0 Å². The number of alkyl halides is 6. The number of hydrogen-bond acceptors (Lipinski definition) is 4. The zero-order valence-corrected chi connectivity index (χ0v) is 11.3. The summed E-state index contributed by atoms with van der Waals surface area (Å²) in [6, 6.07) is 0.384. The molecule has 0 amide bonds. The summed E-state index contributed by atoms with van der Waals surface area (Å²) >= 11 is 5.40. The van der Waals surface area contributed by atoms with Crippen LogP contribution in [0.3, 0.4) is 0 Å². The van der Waals surface area contributed by atoms with Crippen molar-refractivity contribution in [2.45, 2.75) is 25.6 Å². The van der Waals surface area contributed by atoms with E-state index in [1.807, 2.05) is 0 Å². The summed E-state index contributed by atoms with van der Waals surface area (Å²) in [7, 11) is 0. The summed E-state index contributed by atoms with van der Waals surface area (Å²) in [5.41, 5.74) is -2.32. The maximum absolute atomic E-state index is 12.9. The number of halogens is 6. The summed E-state index contributed by atoms with van der Waals surface area (Å²) in [6.45, 7) is 1.32. The third-order valence-corrected chi connectivity index (χ3v) is 2.40. The summed E-state index contributed by atoms with van der Waals surface area (Å²) in [6.07, 6.45) is -8.34. The summed E-state index contributed by atoms with van der Waals surface area (Å²) < 4.78 is 70.4. The van der Waals surface area contributed by atoms with Gasteiger partial charge in [0.2, 0.25) is 0 Å². The van der Waals surface area contributed by atoms with Gasteiger partial charge in [0.05, 0.1) is 23.7 Å². The average Bonchev–Trinajstić information content (AvgIpc) is 2.36. The highest BCUT2D eigenvalue weighted by molar-refractivity contribution is 6.17. The van der Waals surface area contributed by atoms with Crippen molar-refractivity contribution in [3.8, 4) is 5.75 Å². The van der Waals surface area contributed by atoms with Crippen LogP contribution in [0.15, 0.2) is 6.07 Å². The molecule has 0 aliphatic carbocycles. The number of aromatic nitrogens is 1. The lowest BCUT2D eigenvalue weighted by Gasteiger charge is -2.15. The Morgan fingerprint density at radius 2 is 2.05 bits per heavy atom. The average molecular weight is 334 g/mol. The standard InChI is InChI=1S/C11H9ClF5NO3/c1-2-20-10(19)8-5(9(13)14)3-7(6(4-12)18-8)21-11(15,16)17/h3,9H,2,4H2,1H3. The molecule has 0 N–H and O–H groups in total. The molecule has 10 heteroatoms. The van der Waals surface area contributed by atoms with Crippen LogP contribution in [0.1, 0.15) is 35.1 Å². The highest BCUT2D eigenvalue weighted by Gasteiger charge is 2.34. The van der Waals surface area contributed by atoms with Gasteiger partial charge in [-0.25, -0.2) is 18.6 Å². The molecule has 1 heterocycles. The van der Waals surface area contributed by atoms with Gasteiger partial charge in [-0.2, -0.15) is 0 Å². The van der Waals surface area contributed by atoms with Gasteiger partial charge < -0.3 is 9.47 Å². The lowest BCUT2D eigenvalue weighted by Crippen LogP contribution is -2.20. The van der Waals surface area contributed by atoms with Gasteiger partial charge in [-0.15, -0.1) is 24.8 Å². The van der Waals surface area contributed by atoms with Crippen LogP contribution in [-0.2, 0) is 10.6 Å². The molecule has 0 spiro atoms. The first kappa shape index (κ1) is 17.4. The monoisotopic (exact) mass is 333 g/mol. The van der Waals surface area contributed by atoms with Crippen LogP contribution in [0, 0.1) is 0 Å². The lowest BCUT2D eigenvalue weighted by molar-refractivity contribution is -0.275. The van der Waals surface area contributed by atoms with Gasteiger partial charge in [0.1, 0.15) is 0 Å². The SMILES string of the molecule is CCOC(=O)c1nc(CCl)c(OC(F)(F)F)cc1C(F)F. The topological polar surface area (TPSA) is 48.4 Å². The van der Waals surface area contributed by atoms with Crippen molar-refractivity contribution in [1.29, 1.82) is 0 Å². The predicted molar refractivity (Wildman–Crippen MR) is 61.4 cm³/mol. The van der Waals surface area contributed by atoms with Crippen LogP contribution >= 0.6 is 11.6 Å². The molecule has 0 aliphatic heterocycles. The van der Waals surface area contributed by atoms with Gasteiger partial charge >= 0.3 is 12.3 Å². The molecular weight excluding hydrogens is 325 g/mol. The molecule has 21 heavy (non-hydrogen) atoms. The highest BCUT2D eigenvalue weighted by Crippen LogP contribution is 2.32. The minimum Gasteiger partial charge on any atom is -0.461 e. The number of pyridine rings is 1. The molecular formula is C11H9ClF5NO3. The van der Waals surface area contributed by atoms with Crippen LogP contribution in [0.25, 0.3) is 0 Å². The molecule has 118 valence electrons. The Kier molecular flexibility index (Phi) is 5.70. The summed E-state index contributed by atoms with van der Waals surface area (Å²) in [5, 5.41) is 0. The van der Waals surface area contributed by atoms with E-state index in [2.05, 4.69) is 14.5 Å². The van der Waals surface area contributed by atoms with Crippen LogP contribution in [0.5, 0.6) is 5.75 Å². The second-order valence-electron chi connectivity index (χ2n) is 3.57. The fourth-order valence-corrected chi connectivity index (χ4v) is 1.58. The Bertz CT molecular complexity index is 521. The Morgan fingerprint density at radius 1 is 1.43 bits per heavy atom. The van der Waals surface area contributed by atoms with Gasteiger partial charge in [0.25, 0.3) is 6.43 Å². The maximum atomic E-state index is 12.9. The Balaban J connectivity index is 3.37. The molecule has 4 nitrogen and oxygen atoms in total. The van der Waals surface area contributed by atoms with E-state index in [1.165, 1.54) is 6.92 Å². The smallest absolute Gasteiger partial charge is 0.461 e. The molecule has 0 saturated carbocycles. The maximum Gasteiger partial charge on any atom is 0.573 e. The van der Waals surface area contributed by atoms with Crippen molar-refractivity contribution in [2.24, 2.45) is 0 Å². The molecule has 1 rings (SSSR count). The second-order valence-corrected chi connectivity index (χ2v) is 3.84. The van der Waals surface area contributed by atoms with Crippen LogP contribution in [0.4, 0.5) is 22.0 Å². The number of esters is 1. The normalized spacial score (nSPS) is 11.6. The van der Waals surface area contributed by atoms with Crippen LogP contribution in [0.2, 0.25) is 0 Å². The van der Waals surface area contributed by atoms with Gasteiger partial charge in [-0.3, -0.25) is 0 Å². The minimum absolute atomic E-state index is 0.111. The van der Waals surface area contributed by atoms with E-state index in [4.69, 9.17) is 11.6 Å². The number of carbonyl (C=O) groups is 1. The fraction of sp³-hybridized carbons (Fsp3) is 0.455. The highest BCUT2D eigenvalue weighted by atomic mass is 35.5. The van der Waals surface area contributed by atoms with Crippen molar-refractivity contribution in [1.82, 2.24) is 4.98 Å². The van der Waals surface area contributed by atoms with Crippen molar-refractivity contribution in [2.75, 3.05) is 6.61 Å². The lowest BCUT2D eigenvalue weighted by atomic mass is 10.1. The Hall–Kier alpha value is -1.64. The van der Waals surface area contributed by atoms with Crippen molar-refractivity contribution in [3.63, 3.8) is 0 Å². The zero-order valence-electron chi connectivity index (χ0n) is 10.5. The number of ether oxygens (including phenoxy) is 2. The molecule has 0 aromatic carbocycles. The molecule has 0 radical (unpaired) electrons. The van der Waals surface area contributed by atoms with Crippen molar-refractivity contribution < 1.29 is 36.2 Å². The van der Waals surface area contributed by atoms with Gasteiger partial charge in [0.15, 0.2) is 11.4 Å². The van der Waals surface area contributed by atoms with Gasteiger partial charge in [0, 0.05) is 0 Å². The van der Waals surface area contributed by atoms with E-state index >= 15 is 0 Å². The minimum atomic E-state index is -5.10. The van der Waals surface area contributed by atoms with Gasteiger partial charge in [-0.05, 0) is 13.0 Å². The molecule has 0 fully saturated rings. The Morgan fingerprint density at radius 3 is 2.48 bits per heavy atom. The Labute approximate surface area is 120 Å². The predicted octanol–water partition coefficient (Wildman–Crippen LogP) is 3.83. The van der Waals surface area contributed by atoms with E-state index in [-0.39, 0.29) is 6.61 Å². The largest absolute Gasteiger partial charge is 0.573 e. The van der Waals surface area contributed by atoms with Crippen LogP contribution in [-0.4, -0.2) is 23.9 Å². The molecule has 0 atom stereocenters. The van der Waals surface area contributed by atoms with Crippen molar-refractivity contribution in [3.05, 3.63) is 23.0 Å². The fourth-order valence-electron chi connectivity index (χ4n) is 1.39. The number of nitrogens with zero attached hydrogens (tertiary/aromatic N) is 1. The number of carbonyl (C=O) groups excluding carboxylic acids is 1. The number of rotatable bonds is 5. The quantitative estimate of drug-likeness (QED) is 0.467. The summed E-state index contributed by atoms with van der Waals surface area (Å²) in [5.74, 6) is -2.74. The zero-order chi connectivity index (χ0) is 16.2. The van der Waals surface area contributed by atoms with E-state index in [0.29, 0.717) is 6.07 Å². The molecule has 1 aromatic rings. The van der Waals surface area contributed by atoms with E-state index in [0.717, 1.165) is 0 Å². The first-order valence-corrected chi connectivity index (χ1v) is 6.03. The molecule has 0 saturated heterocycles. The number of hydrogen-bond donors (Lipinski definition) is 0. The van der Waals surface area contributed by atoms with E-state index in [9.17, 15) is 26.7 Å². The first-order valence-electron chi connectivity index (χ1n) is 5.50. The summed E-state index contributed by atoms with van der Waals surface area (Å²) in [4.78, 5) is 14.9. The third-order valence-electron chi connectivity index (χ3n) is 2.15.